The largest absolute Gasteiger partial charge is 0.390 e. The molecule has 5 rings (SSSR count). The van der Waals surface area contributed by atoms with Gasteiger partial charge in [-0.25, -0.2) is 15.0 Å². The third-order valence-electron chi connectivity index (χ3n) is 6.18. The fraction of sp³-hybridized carbons (Fsp3) is 0.231. The highest BCUT2D eigenvalue weighted by Crippen LogP contribution is 2.29. The monoisotopic (exact) mass is 496 g/mol. The van der Waals surface area contributed by atoms with Crippen molar-refractivity contribution in [3.05, 3.63) is 77.2 Å². The van der Waals surface area contributed by atoms with Crippen molar-refractivity contribution in [1.82, 2.24) is 30.7 Å². The van der Waals surface area contributed by atoms with Crippen LogP contribution >= 0.6 is 0 Å². The summed E-state index contributed by atoms with van der Waals surface area (Å²) in [6.07, 6.45) is 5.48. The number of aliphatic hydroxyl groups excluding tert-OH is 1. The predicted octanol–water partition coefficient (Wildman–Crippen LogP) is 2.54. The Morgan fingerprint density at radius 3 is 2.89 bits per heavy atom. The van der Waals surface area contributed by atoms with E-state index in [0.717, 1.165) is 28.2 Å². The lowest BCUT2D eigenvalue weighted by Gasteiger charge is -2.19. The molecule has 0 amide bonds. The Hall–Kier alpha value is -4.66. The molecule has 0 bridgehead atoms. The number of pyridine rings is 1. The molecule has 0 saturated carbocycles. The summed E-state index contributed by atoms with van der Waals surface area (Å²) in [5.41, 5.74) is 17.8. The highest BCUT2D eigenvalue weighted by molar-refractivity contribution is 6.03. The third-order valence-corrected chi connectivity index (χ3v) is 6.18. The van der Waals surface area contributed by atoms with Crippen LogP contribution in [-0.2, 0) is 0 Å². The number of nitrogens with two attached hydrogens (primary N) is 1. The molecule has 11 nitrogen and oxygen atoms in total. The van der Waals surface area contributed by atoms with Crippen LogP contribution in [0.15, 0.2) is 76.6 Å². The smallest absolute Gasteiger partial charge is 0.160 e. The number of allylic oxidation sites excluding steroid dienone is 4. The Balaban J connectivity index is 1.51. The SMILES string of the molecule is CC1=CC=C(Nc2ccc3c(c2)ncn3-c2ccc(C(C)O)c(N=C3CCNCC3=C(N)C#N)n2)NN1. The Labute approximate surface area is 214 Å². The number of nitrogens with one attached hydrogen (secondary N) is 4. The van der Waals surface area contributed by atoms with Crippen LogP contribution < -0.4 is 27.2 Å². The quantitative estimate of drug-likeness (QED) is 0.292. The van der Waals surface area contributed by atoms with Crippen molar-refractivity contribution >= 4 is 28.3 Å². The van der Waals surface area contributed by atoms with Gasteiger partial charge in [0.2, 0.25) is 0 Å². The standard InChI is InChI=1S/C26H28N10O/c1-15-3-7-24(35-34-15)31-17-4-6-23-22(11-17)30-14-36(23)25-8-5-18(16(2)37)26(33-25)32-21-9-10-29-13-19(21)20(28)12-27/h3-8,11,14,16,29,31,34-35,37H,9-10,13,28H2,1-2H3. The van der Waals surface area contributed by atoms with Crippen molar-refractivity contribution in [2.24, 2.45) is 10.7 Å². The molecule has 0 spiro atoms. The molecular formula is C26H28N10O. The van der Waals surface area contributed by atoms with Gasteiger partial charge >= 0.3 is 0 Å². The van der Waals surface area contributed by atoms with Gasteiger partial charge < -0.3 is 26.9 Å². The molecule has 2 aliphatic rings. The van der Waals surface area contributed by atoms with Crippen molar-refractivity contribution in [1.29, 1.82) is 5.26 Å². The average molecular weight is 497 g/mol. The summed E-state index contributed by atoms with van der Waals surface area (Å²) in [4.78, 5) is 14.1. The van der Waals surface area contributed by atoms with Gasteiger partial charge in [0.1, 0.15) is 29.7 Å². The van der Waals surface area contributed by atoms with Crippen LogP contribution in [0.25, 0.3) is 16.9 Å². The van der Waals surface area contributed by atoms with Crippen molar-refractivity contribution in [2.75, 3.05) is 18.4 Å². The molecule has 0 aliphatic carbocycles. The van der Waals surface area contributed by atoms with Crippen molar-refractivity contribution in [3.8, 4) is 11.9 Å². The van der Waals surface area contributed by atoms with Crippen LogP contribution in [0.1, 0.15) is 31.9 Å². The Kier molecular flexibility index (Phi) is 6.59. The Morgan fingerprint density at radius 2 is 2.14 bits per heavy atom. The number of hydrogen-bond donors (Lipinski definition) is 6. The van der Waals surface area contributed by atoms with E-state index in [0.29, 0.717) is 48.0 Å². The first-order chi connectivity index (χ1) is 17.9. The maximum absolute atomic E-state index is 10.4. The fourth-order valence-electron chi connectivity index (χ4n) is 4.20. The van der Waals surface area contributed by atoms with E-state index in [9.17, 15) is 10.4 Å². The number of rotatable bonds is 5. The molecule has 1 saturated heterocycles. The summed E-state index contributed by atoms with van der Waals surface area (Å²) in [7, 11) is 0. The number of aromatic nitrogens is 3. The van der Waals surface area contributed by atoms with Crippen molar-refractivity contribution in [3.63, 3.8) is 0 Å². The molecule has 188 valence electrons. The van der Waals surface area contributed by atoms with Gasteiger partial charge in [-0.2, -0.15) is 5.26 Å². The zero-order chi connectivity index (χ0) is 25.9. The second-order valence-corrected chi connectivity index (χ2v) is 8.87. The number of benzene rings is 1. The average Bonchev–Trinajstić information content (AvgIpc) is 3.33. The predicted molar refractivity (Wildman–Crippen MR) is 143 cm³/mol. The molecule has 7 N–H and O–H groups in total. The van der Waals surface area contributed by atoms with Crippen LogP contribution in [0.5, 0.6) is 0 Å². The van der Waals surface area contributed by atoms with E-state index in [1.54, 1.807) is 13.3 Å². The van der Waals surface area contributed by atoms with Crippen LogP contribution in [0, 0.1) is 11.3 Å². The van der Waals surface area contributed by atoms with Gasteiger partial charge in [0.25, 0.3) is 0 Å². The third kappa shape index (κ3) is 5.02. The van der Waals surface area contributed by atoms with Crippen molar-refractivity contribution in [2.45, 2.75) is 26.4 Å². The van der Waals surface area contributed by atoms with Gasteiger partial charge in [-0.1, -0.05) is 0 Å². The first kappa shape index (κ1) is 24.1. The summed E-state index contributed by atoms with van der Waals surface area (Å²) >= 11 is 0. The highest BCUT2D eigenvalue weighted by Gasteiger charge is 2.19. The van der Waals surface area contributed by atoms with Gasteiger partial charge in [0.15, 0.2) is 5.82 Å². The summed E-state index contributed by atoms with van der Waals surface area (Å²) < 4.78 is 1.88. The van der Waals surface area contributed by atoms with Gasteiger partial charge in [0, 0.05) is 42.0 Å². The number of hydrazine groups is 1. The maximum atomic E-state index is 10.4. The van der Waals surface area contributed by atoms with Gasteiger partial charge in [-0.05, 0) is 56.3 Å². The molecule has 2 aliphatic heterocycles. The number of nitrogens with zero attached hydrogens (tertiary/aromatic N) is 5. The first-order valence-corrected chi connectivity index (χ1v) is 11.9. The Bertz CT molecular complexity index is 1520. The van der Waals surface area contributed by atoms with E-state index >= 15 is 0 Å². The number of aliphatic imine (C=N–C) groups is 1. The van der Waals surface area contributed by atoms with Gasteiger partial charge in [0.05, 0.1) is 22.8 Å². The minimum absolute atomic E-state index is 0.131. The molecule has 1 atom stereocenters. The molecule has 0 radical (unpaired) electrons. The number of imidazole rings is 1. The summed E-state index contributed by atoms with van der Waals surface area (Å²) in [5.74, 6) is 1.83. The molecule has 1 aromatic carbocycles. The lowest BCUT2D eigenvalue weighted by atomic mass is 10.0. The van der Waals surface area contributed by atoms with E-state index in [1.165, 1.54) is 0 Å². The van der Waals surface area contributed by atoms with Crippen LogP contribution in [0.3, 0.4) is 0 Å². The zero-order valence-electron chi connectivity index (χ0n) is 20.6. The highest BCUT2D eigenvalue weighted by atomic mass is 16.3. The lowest BCUT2D eigenvalue weighted by Crippen LogP contribution is -2.34. The summed E-state index contributed by atoms with van der Waals surface area (Å²) in [5, 5.41) is 26.2. The minimum Gasteiger partial charge on any atom is -0.390 e. The van der Waals surface area contributed by atoms with Gasteiger partial charge in [-0.3, -0.25) is 9.99 Å². The molecular weight excluding hydrogens is 468 g/mol. The van der Waals surface area contributed by atoms with E-state index < -0.39 is 6.10 Å². The second-order valence-electron chi connectivity index (χ2n) is 8.87. The number of aliphatic hydroxyl groups is 1. The van der Waals surface area contributed by atoms with E-state index in [-0.39, 0.29) is 5.70 Å². The topological polar surface area (TPSA) is 161 Å². The number of fused-ring (bicyclic) bond motifs is 1. The number of nitriles is 1. The van der Waals surface area contributed by atoms with Crippen LogP contribution in [-0.4, -0.2) is 38.4 Å². The maximum Gasteiger partial charge on any atom is 0.160 e. The summed E-state index contributed by atoms with van der Waals surface area (Å²) in [6, 6.07) is 11.6. The molecule has 1 unspecified atom stereocenters. The molecule has 3 aromatic rings. The fourth-order valence-corrected chi connectivity index (χ4v) is 4.20. The molecule has 2 aromatic heterocycles. The van der Waals surface area contributed by atoms with Crippen LogP contribution in [0.4, 0.5) is 11.5 Å². The molecule has 1 fully saturated rings. The number of anilines is 1. The van der Waals surface area contributed by atoms with Crippen LogP contribution in [0.2, 0.25) is 0 Å². The Morgan fingerprint density at radius 1 is 1.27 bits per heavy atom. The second kappa shape index (κ2) is 10.1. The number of hydrogen-bond acceptors (Lipinski definition) is 10. The lowest BCUT2D eigenvalue weighted by molar-refractivity contribution is 0.199. The summed E-state index contributed by atoms with van der Waals surface area (Å²) in [6.45, 7) is 4.82. The normalized spacial score (nSPS) is 18.8. The zero-order valence-corrected chi connectivity index (χ0v) is 20.6. The minimum atomic E-state index is -0.771. The van der Waals surface area contributed by atoms with E-state index in [1.807, 2.05) is 60.0 Å². The van der Waals surface area contributed by atoms with Gasteiger partial charge in [-0.15, -0.1) is 0 Å². The molecule has 11 heteroatoms. The molecule has 4 heterocycles. The van der Waals surface area contributed by atoms with E-state index in [2.05, 4.69) is 26.5 Å². The molecule has 37 heavy (non-hydrogen) atoms. The van der Waals surface area contributed by atoms with E-state index in [4.69, 9.17) is 15.7 Å². The first-order valence-electron chi connectivity index (χ1n) is 11.9. The number of piperidine rings is 1. The van der Waals surface area contributed by atoms with Crippen molar-refractivity contribution < 1.29 is 5.11 Å².